The molecule has 0 bridgehead atoms. The topological polar surface area (TPSA) is 54.4 Å². The molecule has 30 heavy (non-hydrogen) atoms. The molecule has 2 aromatic carbocycles. The first kappa shape index (κ1) is 20.6. The van der Waals surface area contributed by atoms with Crippen molar-refractivity contribution in [2.75, 3.05) is 12.3 Å². The second-order valence-corrected chi connectivity index (χ2v) is 8.99. The number of halogens is 1. The van der Waals surface area contributed by atoms with Crippen LogP contribution in [-0.4, -0.2) is 28.4 Å². The molecule has 0 fully saturated rings. The number of aromatic nitrogens is 1. The number of carbonyl (C=O) groups is 1. The van der Waals surface area contributed by atoms with Gasteiger partial charge in [-0.2, -0.15) is 4.99 Å². The van der Waals surface area contributed by atoms with E-state index in [0.29, 0.717) is 23.0 Å². The zero-order chi connectivity index (χ0) is 20.9. The van der Waals surface area contributed by atoms with Gasteiger partial charge in [0.1, 0.15) is 5.82 Å². The third kappa shape index (κ3) is 4.91. The lowest BCUT2D eigenvalue weighted by Crippen LogP contribution is -2.21. The van der Waals surface area contributed by atoms with Gasteiger partial charge in [0.25, 0.3) is 5.91 Å². The fourth-order valence-corrected chi connectivity index (χ4v) is 4.78. The number of benzene rings is 2. The second-order valence-electron chi connectivity index (χ2n) is 6.66. The highest BCUT2D eigenvalue weighted by atomic mass is 32.2. The summed E-state index contributed by atoms with van der Waals surface area (Å²) >= 11 is 3.10. The maximum atomic E-state index is 13.3. The molecule has 1 aromatic heterocycles. The largest absolute Gasteiger partial charge is 0.364 e. The SMILES string of the molecule is CCSc1ccnc2ccc(/C=C3\SC(NCCc4cccc(F)c4)=NC3=O)cc12. The minimum atomic E-state index is -0.248. The predicted octanol–water partition coefficient (Wildman–Crippen LogP) is 5.29. The van der Waals surface area contributed by atoms with Gasteiger partial charge in [-0.15, -0.1) is 11.8 Å². The van der Waals surface area contributed by atoms with Crippen molar-refractivity contribution in [1.29, 1.82) is 0 Å². The number of rotatable bonds is 6. The Hall–Kier alpha value is -2.64. The average Bonchev–Trinajstić information content (AvgIpc) is 3.08. The number of nitrogens with zero attached hydrogens (tertiary/aromatic N) is 2. The third-order valence-electron chi connectivity index (χ3n) is 4.52. The summed E-state index contributed by atoms with van der Waals surface area (Å²) in [4.78, 5) is 22.6. The van der Waals surface area contributed by atoms with E-state index in [4.69, 9.17) is 0 Å². The Morgan fingerprint density at radius 3 is 2.93 bits per heavy atom. The van der Waals surface area contributed by atoms with Crippen LogP contribution in [0.4, 0.5) is 4.39 Å². The van der Waals surface area contributed by atoms with Crippen molar-refractivity contribution in [3.05, 3.63) is 76.6 Å². The standard InChI is InChI=1S/C23H20FN3OS2/c1-2-29-20-9-11-25-19-7-6-16(13-18(19)20)14-21-22(28)27-23(30-21)26-10-8-15-4-3-5-17(24)12-15/h3-7,9,11-14H,2,8,10H2,1H3,(H,26,27,28)/b21-14-. The van der Waals surface area contributed by atoms with Gasteiger partial charge in [0.15, 0.2) is 5.17 Å². The Kier molecular flexibility index (Phi) is 6.50. The van der Waals surface area contributed by atoms with Crippen LogP contribution >= 0.6 is 23.5 Å². The Balaban J connectivity index is 1.44. The van der Waals surface area contributed by atoms with Crippen LogP contribution < -0.4 is 5.32 Å². The molecule has 152 valence electrons. The fourth-order valence-electron chi connectivity index (χ4n) is 3.15. The molecule has 7 heteroatoms. The number of hydrogen-bond acceptors (Lipinski definition) is 5. The molecule has 3 aromatic rings. The van der Waals surface area contributed by atoms with Gasteiger partial charge >= 0.3 is 0 Å². The third-order valence-corrected chi connectivity index (χ3v) is 6.42. The summed E-state index contributed by atoms with van der Waals surface area (Å²) in [6.45, 7) is 2.70. The molecular formula is C23H20FN3OS2. The highest BCUT2D eigenvalue weighted by molar-refractivity contribution is 8.18. The summed E-state index contributed by atoms with van der Waals surface area (Å²) in [6.07, 6.45) is 4.34. The fraction of sp³-hybridized carbons (Fsp3) is 0.174. The molecule has 4 rings (SSSR count). The highest BCUT2D eigenvalue weighted by Crippen LogP contribution is 2.31. The average molecular weight is 438 g/mol. The molecule has 1 N–H and O–H groups in total. The van der Waals surface area contributed by atoms with E-state index >= 15 is 0 Å². The summed E-state index contributed by atoms with van der Waals surface area (Å²) < 4.78 is 13.3. The van der Waals surface area contributed by atoms with E-state index in [1.165, 1.54) is 28.8 Å². The first-order valence-corrected chi connectivity index (χ1v) is 11.4. The number of fused-ring (bicyclic) bond motifs is 1. The van der Waals surface area contributed by atoms with Crippen molar-refractivity contribution in [3.63, 3.8) is 0 Å². The van der Waals surface area contributed by atoms with Crippen molar-refractivity contribution in [1.82, 2.24) is 10.3 Å². The molecule has 2 heterocycles. The normalized spacial score (nSPS) is 15.1. The van der Waals surface area contributed by atoms with E-state index in [1.54, 1.807) is 17.8 Å². The molecule has 0 unspecified atom stereocenters. The van der Waals surface area contributed by atoms with Gasteiger partial charge in [-0.05, 0) is 71.5 Å². The van der Waals surface area contributed by atoms with E-state index in [-0.39, 0.29) is 11.7 Å². The molecule has 0 radical (unpaired) electrons. The number of carbonyl (C=O) groups excluding carboxylic acids is 1. The van der Waals surface area contributed by atoms with Crippen LogP contribution in [0.2, 0.25) is 0 Å². The van der Waals surface area contributed by atoms with E-state index < -0.39 is 0 Å². The van der Waals surface area contributed by atoms with Gasteiger partial charge in [0, 0.05) is 23.0 Å². The molecule has 0 aliphatic carbocycles. The van der Waals surface area contributed by atoms with Crippen LogP contribution in [0.1, 0.15) is 18.1 Å². The number of pyridine rings is 1. The summed E-state index contributed by atoms with van der Waals surface area (Å²) in [6, 6.07) is 14.5. The van der Waals surface area contributed by atoms with Crippen LogP contribution in [0.5, 0.6) is 0 Å². The van der Waals surface area contributed by atoms with E-state index in [2.05, 4.69) is 28.3 Å². The maximum absolute atomic E-state index is 13.3. The lowest BCUT2D eigenvalue weighted by molar-refractivity contribution is -0.113. The Morgan fingerprint density at radius 1 is 1.20 bits per heavy atom. The Labute approximate surface area is 183 Å². The summed E-state index contributed by atoms with van der Waals surface area (Å²) in [5, 5.41) is 4.83. The smallest absolute Gasteiger partial charge is 0.286 e. The molecular weight excluding hydrogens is 417 g/mol. The number of thioether (sulfide) groups is 2. The van der Waals surface area contributed by atoms with Crippen LogP contribution in [0, 0.1) is 5.82 Å². The number of aliphatic imine (C=N–C) groups is 1. The Morgan fingerprint density at radius 2 is 2.10 bits per heavy atom. The summed E-state index contributed by atoms with van der Waals surface area (Å²) in [7, 11) is 0. The highest BCUT2D eigenvalue weighted by Gasteiger charge is 2.21. The van der Waals surface area contributed by atoms with Crippen LogP contribution in [0.25, 0.3) is 17.0 Å². The first-order chi connectivity index (χ1) is 14.6. The first-order valence-electron chi connectivity index (χ1n) is 9.65. The molecule has 4 nitrogen and oxygen atoms in total. The number of hydrogen-bond donors (Lipinski definition) is 1. The zero-order valence-corrected chi connectivity index (χ0v) is 18.0. The number of nitrogens with one attached hydrogen (secondary N) is 1. The quantitative estimate of drug-likeness (QED) is 0.420. The van der Waals surface area contributed by atoms with Gasteiger partial charge in [0.05, 0.1) is 10.4 Å². The van der Waals surface area contributed by atoms with Crippen molar-refractivity contribution in [3.8, 4) is 0 Å². The van der Waals surface area contributed by atoms with Crippen LogP contribution in [0.15, 0.2) is 69.5 Å². The molecule has 0 atom stereocenters. The van der Waals surface area contributed by atoms with Gasteiger partial charge in [-0.3, -0.25) is 9.78 Å². The van der Waals surface area contributed by atoms with Crippen molar-refractivity contribution in [2.45, 2.75) is 18.2 Å². The monoisotopic (exact) mass is 437 g/mol. The number of amidine groups is 1. The minimum Gasteiger partial charge on any atom is -0.364 e. The van der Waals surface area contributed by atoms with Crippen LogP contribution in [0.3, 0.4) is 0 Å². The molecule has 1 aliphatic heterocycles. The lowest BCUT2D eigenvalue weighted by Gasteiger charge is -2.06. The van der Waals surface area contributed by atoms with E-state index in [9.17, 15) is 9.18 Å². The molecule has 0 saturated heterocycles. The molecule has 1 amide bonds. The number of amides is 1. The van der Waals surface area contributed by atoms with Crippen molar-refractivity contribution >= 4 is 51.6 Å². The Bertz CT molecular complexity index is 1160. The van der Waals surface area contributed by atoms with Crippen molar-refractivity contribution < 1.29 is 9.18 Å². The minimum absolute atomic E-state index is 0.244. The van der Waals surface area contributed by atoms with Crippen molar-refractivity contribution in [2.24, 2.45) is 4.99 Å². The van der Waals surface area contributed by atoms with E-state index in [1.807, 2.05) is 36.5 Å². The van der Waals surface area contributed by atoms with Gasteiger partial charge in [-0.1, -0.05) is 25.1 Å². The van der Waals surface area contributed by atoms with E-state index in [0.717, 1.165) is 27.8 Å². The van der Waals surface area contributed by atoms with Gasteiger partial charge < -0.3 is 5.32 Å². The molecule has 1 aliphatic rings. The molecule has 0 saturated carbocycles. The summed E-state index contributed by atoms with van der Waals surface area (Å²) in [5.74, 6) is 0.492. The van der Waals surface area contributed by atoms with Gasteiger partial charge in [-0.25, -0.2) is 4.39 Å². The lowest BCUT2D eigenvalue weighted by atomic mass is 10.1. The van der Waals surface area contributed by atoms with Crippen LogP contribution in [-0.2, 0) is 11.2 Å². The zero-order valence-electron chi connectivity index (χ0n) is 16.4. The maximum Gasteiger partial charge on any atom is 0.286 e. The second kappa shape index (κ2) is 9.45. The molecule has 0 spiro atoms. The predicted molar refractivity (Wildman–Crippen MR) is 124 cm³/mol. The summed E-state index contributed by atoms with van der Waals surface area (Å²) in [5.41, 5.74) is 2.79. The van der Waals surface area contributed by atoms with Gasteiger partial charge in [0.2, 0.25) is 0 Å².